The summed E-state index contributed by atoms with van der Waals surface area (Å²) in [5.74, 6) is 5.14. The van der Waals surface area contributed by atoms with Crippen LogP contribution in [0.1, 0.15) is 20.9 Å². The fourth-order valence-corrected chi connectivity index (χ4v) is 3.50. The molecule has 0 amide bonds. The summed E-state index contributed by atoms with van der Waals surface area (Å²) in [6.45, 7) is 0. The summed E-state index contributed by atoms with van der Waals surface area (Å²) in [4.78, 5) is 16.6. The first-order valence-electron chi connectivity index (χ1n) is 6.73. The number of carbonyl (C=O) groups is 1. The summed E-state index contributed by atoms with van der Waals surface area (Å²) in [5.41, 5.74) is 5.01. The maximum Gasteiger partial charge on any atom is 0.348 e. The third kappa shape index (κ3) is 3.42. The van der Waals surface area contributed by atoms with Crippen molar-refractivity contribution in [2.24, 2.45) is 0 Å². The Bertz CT molecular complexity index is 885. The number of anilines is 1. The Labute approximate surface area is 141 Å². The molecule has 0 aliphatic rings. The number of thiazole rings is 1. The molecule has 1 aromatic carbocycles. The Kier molecular flexibility index (Phi) is 4.42. The first-order valence-corrected chi connectivity index (χ1v) is 8.49. The first-order chi connectivity index (χ1) is 11.2. The van der Waals surface area contributed by atoms with Crippen molar-refractivity contribution in [1.82, 2.24) is 4.98 Å². The van der Waals surface area contributed by atoms with Crippen LogP contribution in [0.15, 0.2) is 41.2 Å². The van der Waals surface area contributed by atoms with Gasteiger partial charge in [-0.25, -0.2) is 9.78 Å². The summed E-state index contributed by atoms with van der Waals surface area (Å²) >= 11 is 2.77. The van der Waals surface area contributed by atoms with Crippen molar-refractivity contribution in [3.8, 4) is 22.3 Å². The third-order valence-electron chi connectivity index (χ3n) is 3.13. The molecule has 2 aromatic heterocycles. The SMILES string of the molecule is CNc1cc(-c2ccc(C#Cc3cscn3)cc2)sc1C(=O)O. The smallest absolute Gasteiger partial charge is 0.348 e. The number of thiophene rings is 1. The zero-order valence-corrected chi connectivity index (χ0v) is 13.8. The van der Waals surface area contributed by atoms with Crippen molar-refractivity contribution in [2.45, 2.75) is 0 Å². The van der Waals surface area contributed by atoms with Crippen LogP contribution < -0.4 is 5.32 Å². The molecule has 0 saturated heterocycles. The van der Waals surface area contributed by atoms with E-state index in [1.54, 1.807) is 12.6 Å². The summed E-state index contributed by atoms with van der Waals surface area (Å²) in [5, 5.41) is 14.0. The van der Waals surface area contributed by atoms with Gasteiger partial charge in [0.2, 0.25) is 0 Å². The zero-order valence-electron chi connectivity index (χ0n) is 12.2. The zero-order chi connectivity index (χ0) is 16.2. The standard InChI is InChI=1S/C17H12N2O2S2/c1-18-14-8-15(23-16(14)17(20)21)12-5-2-11(3-6-12)4-7-13-9-22-10-19-13/h2-3,5-6,8-10,18H,1H3,(H,20,21). The van der Waals surface area contributed by atoms with Gasteiger partial charge in [0.15, 0.2) is 0 Å². The lowest BCUT2D eigenvalue weighted by Crippen LogP contribution is -1.97. The van der Waals surface area contributed by atoms with Crippen LogP contribution in [0.5, 0.6) is 0 Å². The topological polar surface area (TPSA) is 62.2 Å². The van der Waals surface area contributed by atoms with E-state index in [2.05, 4.69) is 22.1 Å². The number of carboxylic acid groups (broad SMARTS) is 1. The van der Waals surface area contributed by atoms with Gasteiger partial charge >= 0.3 is 5.97 Å². The molecule has 0 atom stereocenters. The molecule has 114 valence electrons. The molecule has 3 rings (SSSR count). The van der Waals surface area contributed by atoms with Crippen molar-refractivity contribution < 1.29 is 9.90 Å². The predicted molar refractivity (Wildman–Crippen MR) is 94.4 cm³/mol. The van der Waals surface area contributed by atoms with Crippen LogP contribution in [0.3, 0.4) is 0 Å². The molecular formula is C17H12N2O2S2. The van der Waals surface area contributed by atoms with Gasteiger partial charge in [0, 0.05) is 22.9 Å². The average Bonchev–Trinajstić information content (AvgIpc) is 3.22. The van der Waals surface area contributed by atoms with Crippen molar-refractivity contribution in [3.05, 3.63) is 57.4 Å². The van der Waals surface area contributed by atoms with Crippen LogP contribution in [0.4, 0.5) is 5.69 Å². The van der Waals surface area contributed by atoms with E-state index in [4.69, 9.17) is 0 Å². The Hall–Kier alpha value is -2.62. The minimum atomic E-state index is -0.920. The van der Waals surface area contributed by atoms with Crippen molar-refractivity contribution >= 4 is 34.3 Å². The molecule has 0 fully saturated rings. The lowest BCUT2D eigenvalue weighted by Gasteiger charge is -1.97. The van der Waals surface area contributed by atoms with Gasteiger partial charge in [-0.05, 0) is 29.7 Å². The van der Waals surface area contributed by atoms with Crippen LogP contribution in [0.25, 0.3) is 10.4 Å². The molecular weight excluding hydrogens is 328 g/mol. The molecule has 0 spiro atoms. The normalized spacial score (nSPS) is 9.96. The fourth-order valence-electron chi connectivity index (χ4n) is 2.01. The highest BCUT2D eigenvalue weighted by Crippen LogP contribution is 2.34. The fraction of sp³-hybridized carbons (Fsp3) is 0.0588. The summed E-state index contributed by atoms with van der Waals surface area (Å²) in [6, 6.07) is 9.59. The number of nitrogens with zero attached hydrogens (tertiary/aromatic N) is 1. The molecule has 0 bridgehead atoms. The minimum absolute atomic E-state index is 0.315. The number of hydrogen-bond acceptors (Lipinski definition) is 5. The monoisotopic (exact) mass is 340 g/mol. The van der Waals surface area contributed by atoms with E-state index in [1.807, 2.05) is 35.7 Å². The molecule has 0 aliphatic heterocycles. The number of benzene rings is 1. The first kappa shape index (κ1) is 15.3. The molecule has 3 aromatic rings. The van der Waals surface area contributed by atoms with Gasteiger partial charge in [0.05, 0.1) is 11.2 Å². The molecule has 0 aliphatic carbocycles. The summed E-state index contributed by atoms with van der Waals surface area (Å²) in [7, 11) is 1.72. The number of aromatic nitrogens is 1. The molecule has 0 unspecified atom stereocenters. The Morgan fingerprint density at radius 3 is 2.61 bits per heavy atom. The summed E-state index contributed by atoms with van der Waals surface area (Å²) in [6.07, 6.45) is 0. The van der Waals surface area contributed by atoms with Crippen LogP contribution in [-0.4, -0.2) is 23.1 Å². The van der Waals surface area contributed by atoms with E-state index < -0.39 is 5.97 Å². The second kappa shape index (κ2) is 6.65. The Balaban J connectivity index is 1.86. The van der Waals surface area contributed by atoms with Gasteiger partial charge in [-0.15, -0.1) is 22.7 Å². The molecule has 23 heavy (non-hydrogen) atoms. The quantitative estimate of drug-likeness (QED) is 0.707. The van der Waals surface area contributed by atoms with E-state index in [-0.39, 0.29) is 0 Å². The molecule has 0 saturated carbocycles. The van der Waals surface area contributed by atoms with Crippen LogP contribution in [0, 0.1) is 11.8 Å². The van der Waals surface area contributed by atoms with Crippen LogP contribution in [0.2, 0.25) is 0 Å². The maximum absolute atomic E-state index is 11.2. The van der Waals surface area contributed by atoms with E-state index >= 15 is 0 Å². The van der Waals surface area contributed by atoms with E-state index in [9.17, 15) is 9.90 Å². The van der Waals surface area contributed by atoms with E-state index in [0.717, 1.165) is 21.7 Å². The molecule has 6 heteroatoms. The number of nitrogens with one attached hydrogen (secondary N) is 1. The van der Waals surface area contributed by atoms with Gasteiger partial charge in [0.25, 0.3) is 0 Å². The van der Waals surface area contributed by atoms with E-state index in [1.165, 1.54) is 22.7 Å². The number of aromatic carboxylic acids is 1. The summed E-state index contributed by atoms with van der Waals surface area (Å²) < 4.78 is 0. The lowest BCUT2D eigenvalue weighted by atomic mass is 10.1. The van der Waals surface area contributed by atoms with E-state index in [0.29, 0.717) is 10.6 Å². The molecule has 2 heterocycles. The van der Waals surface area contributed by atoms with Gasteiger partial charge in [-0.3, -0.25) is 0 Å². The number of rotatable bonds is 3. The second-order valence-corrected chi connectivity index (χ2v) is 6.38. The Morgan fingerprint density at radius 2 is 2.04 bits per heavy atom. The molecule has 2 N–H and O–H groups in total. The van der Waals surface area contributed by atoms with Crippen molar-refractivity contribution in [1.29, 1.82) is 0 Å². The number of hydrogen-bond donors (Lipinski definition) is 2. The highest BCUT2D eigenvalue weighted by atomic mass is 32.1. The molecule has 0 radical (unpaired) electrons. The lowest BCUT2D eigenvalue weighted by molar-refractivity contribution is 0.0703. The van der Waals surface area contributed by atoms with Gasteiger partial charge in [0.1, 0.15) is 10.6 Å². The van der Waals surface area contributed by atoms with Crippen LogP contribution in [-0.2, 0) is 0 Å². The average molecular weight is 340 g/mol. The maximum atomic E-state index is 11.2. The van der Waals surface area contributed by atoms with Gasteiger partial charge < -0.3 is 10.4 Å². The van der Waals surface area contributed by atoms with Crippen molar-refractivity contribution in [3.63, 3.8) is 0 Å². The van der Waals surface area contributed by atoms with Crippen molar-refractivity contribution in [2.75, 3.05) is 12.4 Å². The minimum Gasteiger partial charge on any atom is -0.477 e. The largest absolute Gasteiger partial charge is 0.477 e. The Morgan fingerprint density at radius 1 is 1.26 bits per heavy atom. The van der Waals surface area contributed by atoms with Crippen LogP contribution >= 0.6 is 22.7 Å². The third-order valence-corrected chi connectivity index (χ3v) is 4.89. The molecule has 4 nitrogen and oxygen atoms in total. The van der Waals surface area contributed by atoms with Gasteiger partial charge in [-0.1, -0.05) is 18.1 Å². The number of carboxylic acids is 1. The highest BCUT2D eigenvalue weighted by Gasteiger charge is 2.15. The van der Waals surface area contributed by atoms with Gasteiger partial charge in [-0.2, -0.15) is 0 Å². The second-order valence-electron chi connectivity index (χ2n) is 4.61. The predicted octanol–water partition coefficient (Wildman–Crippen LogP) is 4.01. The highest BCUT2D eigenvalue weighted by molar-refractivity contribution is 7.18.